The average molecular weight is 220 g/mol. The summed E-state index contributed by atoms with van der Waals surface area (Å²) >= 11 is 4.58. The van der Waals surface area contributed by atoms with Gasteiger partial charge in [0.1, 0.15) is 0 Å². The quantitative estimate of drug-likeness (QED) is 0.763. The molecule has 1 aromatic heterocycles. The zero-order valence-corrected chi connectivity index (χ0v) is 7.78. The smallest absolute Gasteiger partial charge is 0.225 e. The molecule has 1 rings (SSSR count). The number of hydrogen-bond donors (Lipinski definition) is 0. The highest BCUT2D eigenvalue weighted by Crippen LogP contribution is 2.17. The highest BCUT2D eigenvalue weighted by atomic mass is 79.9. The van der Waals surface area contributed by atoms with Crippen LogP contribution < -0.4 is 4.74 Å². The first kappa shape index (κ1) is 7.75. The van der Waals surface area contributed by atoms with E-state index in [0.29, 0.717) is 5.88 Å². The van der Waals surface area contributed by atoms with Crippen LogP contribution in [-0.4, -0.2) is 11.5 Å². The molecular weight excluding hydrogens is 214 g/mol. The van der Waals surface area contributed by atoms with Crippen LogP contribution in [0, 0.1) is 0 Å². The van der Waals surface area contributed by atoms with Crippen LogP contribution in [-0.2, 0) is 0 Å². The molecule has 0 aliphatic carbocycles. The maximum absolute atomic E-state index is 4.89. The number of halogens is 1. The van der Waals surface area contributed by atoms with Gasteiger partial charge >= 0.3 is 0 Å². The van der Waals surface area contributed by atoms with Gasteiger partial charge in [-0.2, -0.15) is 4.37 Å². The topological polar surface area (TPSA) is 22.1 Å². The van der Waals surface area contributed by atoms with Crippen molar-refractivity contribution in [1.29, 1.82) is 0 Å². The molecule has 0 bridgehead atoms. The standard InChI is InChI=1S/C6H6BrNOS/c1-9-6-4-5(2-3-7)10-8-6/h2-4H,1H3/b3-2+. The third-order valence-corrected chi connectivity index (χ3v) is 1.94. The molecule has 0 aliphatic rings. The Bertz CT molecular complexity index is 233. The van der Waals surface area contributed by atoms with Crippen molar-refractivity contribution < 1.29 is 4.74 Å². The number of ether oxygens (including phenoxy) is 1. The summed E-state index contributed by atoms with van der Waals surface area (Å²) in [6.45, 7) is 0. The predicted octanol–water partition coefficient (Wildman–Crippen LogP) is 2.52. The summed E-state index contributed by atoms with van der Waals surface area (Å²) in [5, 5.41) is 0. The van der Waals surface area contributed by atoms with E-state index in [-0.39, 0.29) is 0 Å². The summed E-state index contributed by atoms with van der Waals surface area (Å²) in [4.78, 5) is 2.87. The molecule has 2 nitrogen and oxygen atoms in total. The van der Waals surface area contributed by atoms with Gasteiger partial charge in [-0.3, -0.25) is 0 Å². The Morgan fingerprint density at radius 3 is 3.10 bits per heavy atom. The van der Waals surface area contributed by atoms with Gasteiger partial charge in [-0.1, -0.05) is 15.9 Å². The molecule has 1 aromatic rings. The Hall–Kier alpha value is -0.350. The van der Waals surface area contributed by atoms with Crippen molar-refractivity contribution in [2.75, 3.05) is 7.11 Å². The minimum atomic E-state index is 0.672. The second-order valence-electron chi connectivity index (χ2n) is 1.56. The molecular formula is C6H6BrNOS. The first-order chi connectivity index (χ1) is 4.86. The van der Waals surface area contributed by atoms with Crippen LogP contribution in [0.2, 0.25) is 0 Å². The Morgan fingerprint density at radius 1 is 1.80 bits per heavy atom. The summed E-state index contributed by atoms with van der Waals surface area (Å²) < 4.78 is 8.89. The zero-order chi connectivity index (χ0) is 7.40. The monoisotopic (exact) mass is 219 g/mol. The summed E-state index contributed by atoms with van der Waals surface area (Å²) in [5.74, 6) is 0.672. The van der Waals surface area contributed by atoms with Gasteiger partial charge in [0, 0.05) is 6.07 Å². The molecule has 10 heavy (non-hydrogen) atoms. The largest absolute Gasteiger partial charge is 0.480 e. The molecule has 1 heterocycles. The van der Waals surface area contributed by atoms with Crippen molar-refractivity contribution in [3.63, 3.8) is 0 Å². The van der Waals surface area contributed by atoms with Crippen LogP contribution in [0.4, 0.5) is 0 Å². The van der Waals surface area contributed by atoms with Gasteiger partial charge in [0.2, 0.25) is 5.88 Å². The van der Waals surface area contributed by atoms with Crippen molar-refractivity contribution in [3.8, 4) is 5.88 Å². The van der Waals surface area contributed by atoms with Gasteiger partial charge in [0.25, 0.3) is 0 Å². The minimum Gasteiger partial charge on any atom is -0.480 e. The van der Waals surface area contributed by atoms with E-state index in [1.54, 1.807) is 12.1 Å². The van der Waals surface area contributed by atoms with Crippen LogP contribution in [0.3, 0.4) is 0 Å². The third kappa shape index (κ3) is 1.82. The van der Waals surface area contributed by atoms with Crippen LogP contribution in [0.5, 0.6) is 5.88 Å². The molecule has 0 amide bonds. The Morgan fingerprint density at radius 2 is 2.60 bits per heavy atom. The summed E-state index contributed by atoms with van der Waals surface area (Å²) in [6, 6.07) is 1.88. The van der Waals surface area contributed by atoms with Gasteiger partial charge in [0.15, 0.2) is 0 Å². The molecule has 0 fully saturated rings. The fourth-order valence-corrected chi connectivity index (χ4v) is 1.57. The highest BCUT2D eigenvalue weighted by Gasteiger charge is 1.95. The molecule has 0 N–H and O–H groups in total. The number of hydrogen-bond acceptors (Lipinski definition) is 3. The van der Waals surface area contributed by atoms with E-state index in [1.165, 1.54) is 11.5 Å². The lowest BCUT2D eigenvalue weighted by Crippen LogP contribution is -1.78. The number of rotatable bonds is 2. The first-order valence-electron chi connectivity index (χ1n) is 2.64. The third-order valence-electron chi connectivity index (χ3n) is 0.943. The zero-order valence-electron chi connectivity index (χ0n) is 5.37. The van der Waals surface area contributed by atoms with Crippen molar-refractivity contribution in [1.82, 2.24) is 4.37 Å². The molecule has 54 valence electrons. The van der Waals surface area contributed by atoms with Crippen molar-refractivity contribution in [2.24, 2.45) is 0 Å². The fraction of sp³-hybridized carbons (Fsp3) is 0.167. The SMILES string of the molecule is COc1cc(/C=C/Br)sn1. The molecule has 0 aliphatic heterocycles. The molecule has 0 saturated heterocycles. The van der Waals surface area contributed by atoms with Crippen LogP contribution in [0.25, 0.3) is 6.08 Å². The lowest BCUT2D eigenvalue weighted by atomic mass is 10.5. The second-order valence-corrected chi connectivity index (χ2v) is 2.93. The molecule has 0 atom stereocenters. The van der Waals surface area contributed by atoms with Gasteiger partial charge < -0.3 is 4.74 Å². The Kier molecular flexibility index (Phi) is 2.89. The van der Waals surface area contributed by atoms with Crippen LogP contribution >= 0.6 is 27.5 Å². The predicted molar refractivity (Wildman–Crippen MR) is 46.6 cm³/mol. The lowest BCUT2D eigenvalue weighted by Gasteiger charge is -1.85. The van der Waals surface area contributed by atoms with Crippen molar-refractivity contribution >= 4 is 33.5 Å². The second kappa shape index (κ2) is 3.73. The maximum atomic E-state index is 4.89. The number of methoxy groups -OCH3 is 1. The molecule has 0 spiro atoms. The molecule has 0 unspecified atom stereocenters. The van der Waals surface area contributed by atoms with Crippen LogP contribution in [0.15, 0.2) is 11.1 Å². The summed E-state index contributed by atoms with van der Waals surface area (Å²) in [7, 11) is 1.61. The Labute approximate surface area is 71.8 Å². The molecule has 0 radical (unpaired) electrons. The van der Waals surface area contributed by atoms with Crippen molar-refractivity contribution in [3.05, 3.63) is 15.9 Å². The molecule has 4 heteroatoms. The van der Waals surface area contributed by atoms with E-state index in [1.807, 2.05) is 12.1 Å². The first-order valence-corrected chi connectivity index (χ1v) is 4.33. The number of nitrogens with zero attached hydrogens (tertiary/aromatic N) is 1. The van der Waals surface area contributed by atoms with Crippen molar-refractivity contribution in [2.45, 2.75) is 0 Å². The van der Waals surface area contributed by atoms with Crippen LogP contribution in [0.1, 0.15) is 4.88 Å². The minimum absolute atomic E-state index is 0.672. The van der Waals surface area contributed by atoms with E-state index in [4.69, 9.17) is 4.74 Å². The lowest BCUT2D eigenvalue weighted by molar-refractivity contribution is 0.402. The van der Waals surface area contributed by atoms with E-state index in [2.05, 4.69) is 20.3 Å². The fourth-order valence-electron chi connectivity index (χ4n) is 0.509. The molecule has 0 saturated carbocycles. The molecule has 0 aromatic carbocycles. The van der Waals surface area contributed by atoms with Gasteiger partial charge in [-0.15, -0.1) is 0 Å². The normalized spacial score (nSPS) is 10.6. The maximum Gasteiger partial charge on any atom is 0.225 e. The van der Waals surface area contributed by atoms with E-state index >= 15 is 0 Å². The van der Waals surface area contributed by atoms with E-state index < -0.39 is 0 Å². The van der Waals surface area contributed by atoms with Gasteiger partial charge in [-0.05, 0) is 22.6 Å². The summed E-state index contributed by atoms with van der Waals surface area (Å²) in [5.41, 5.74) is 0. The highest BCUT2D eigenvalue weighted by molar-refractivity contribution is 9.11. The number of aromatic nitrogens is 1. The van der Waals surface area contributed by atoms with E-state index in [0.717, 1.165) is 4.88 Å². The van der Waals surface area contributed by atoms with Gasteiger partial charge in [0.05, 0.1) is 12.0 Å². The Balaban J connectivity index is 2.78. The summed E-state index contributed by atoms with van der Waals surface area (Å²) in [6.07, 6.45) is 1.92. The van der Waals surface area contributed by atoms with Gasteiger partial charge in [-0.25, -0.2) is 0 Å². The van der Waals surface area contributed by atoms with E-state index in [9.17, 15) is 0 Å². The average Bonchev–Trinajstić information content (AvgIpc) is 2.37.